The summed E-state index contributed by atoms with van der Waals surface area (Å²) in [7, 11) is 0. The third-order valence-corrected chi connectivity index (χ3v) is 5.19. The van der Waals surface area contributed by atoms with Crippen molar-refractivity contribution in [1.29, 1.82) is 0 Å². The van der Waals surface area contributed by atoms with E-state index < -0.39 is 5.91 Å². The molecule has 2 aliphatic rings. The van der Waals surface area contributed by atoms with Crippen molar-refractivity contribution in [2.24, 2.45) is 16.6 Å². The molecule has 1 aromatic heterocycles. The summed E-state index contributed by atoms with van der Waals surface area (Å²) in [5, 5.41) is 8.48. The zero-order valence-electron chi connectivity index (χ0n) is 13.8. The van der Waals surface area contributed by atoms with Crippen LogP contribution < -0.4 is 11.1 Å². The Hall–Kier alpha value is -2.34. The second kappa shape index (κ2) is 6.52. The SMILES string of the molecule is NC(=O)c1cn(C2CCCCC2C2=NC2)nc1Nc1ccc(Cl)cc1. The maximum absolute atomic E-state index is 11.9. The molecule has 1 aliphatic heterocycles. The molecule has 1 aromatic carbocycles. The molecule has 7 heteroatoms. The molecule has 1 fully saturated rings. The van der Waals surface area contributed by atoms with Crippen LogP contribution >= 0.6 is 11.6 Å². The van der Waals surface area contributed by atoms with E-state index in [4.69, 9.17) is 17.3 Å². The summed E-state index contributed by atoms with van der Waals surface area (Å²) in [6.07, 6.45) is 6.34. The van der Waals surface area contributed by atoms with E-state index in [1.807, 2.05) is 16.8 Å². The minimum Gasteiger partial charge on any atom is -0.365 e. The van der Waals surface area contributed by atoms with Gasteiger partial charge in [-0.2, -0.15) is 5.10 Å². The fraction of sp³-hybridized carbons (Fsp3) is 0.389. The van der Waals surface area contributed by atoms with E-state index in [0.29, 0.717) is 22.3 Å². The van der Waals surface area contributed by atoms with Crippen molar-refractivity contribution in [3.05, 3.63) is 41.0 Å². The molecule has 1 saturated carbocycles. The van der Waals surface area contributed by atoms with Crippen LogP contribution in [0, 0.1) is 5.92 Å². The van der Waals surface area contributed by atoms with Gasteiger partial charge in [0.1, 0.15) is 5.56 Å². The van der Waals surface area contributed by atoms with Crippen molar-refractivity contribution in [3.8, 4) is 0 Å². The number of anilines is 2. The van der Waals surface area contributed by atoms with E-state index in [2.05, 4.69) is 15.4 Å². The summed E-state index contributed by atoms with van der Waals surface area (Å²) >= 11 is 5.92. The number of primary amides is 1. The Kier molecular flexibility index (Phi) is 4.21. The van der Waals surface area contributed by atoms with Gasteiger partial charge in [0.15, 0.2) is 5.82 Å². The lowest BCUT2D eigenvalue weighted by Crippen LogP contribution is -2.27. The van der Waals surface area contributed by atoms with Gasteiger partial charge in [-0.3, -0.25) is 14.5 Å². The fourth-order valence-electron chi connectivity index (χ4n) is 3.60. The quantitative estimate of drug-likeness (QED) is 0.857. The first-order valence-electron chi connectivity index (χ1n) is 8.56. The van der Waals surface area contributed by atoms with Crippen LogP contribution in [0.15, 0.2) is 35.5 Å². The standard InChI is InChI=1S/C18H20ClN5O/c19-11-5-7-12(8-6-11)22-18-14(17(20)25)10-24(23-18)16-4-2-1-3-13(16)15-9-21-15/h5-8,10,13,16H,1-4,9H2,(H2,20,25)(H,22,23). The molecule has 25 heavy (non-hydrogen) atoms. The van der Waals surface area contributed by atoms with E-state index in [1.54, 1.807) is 18.3 Å². The van der Waals surface area contributed by atoms with Crippen LogP contribution in [0.3, 0.4) is 0 Å². The van der Waals surface area contributed by atoms with Crippen LogP contribution in [0.25, 0.3) is 0 Å². The Bertz CT molecular complexity index is 826. The Morgan fingerprint density at radius 2 is 1.96 bits per heavy atom. The lowest BCUT2D eigenvalue weighted by molar-refractivity contribution is 0.100. The molecular weight excluding hydrogens is 338 g/mol. The predicted octanol–water partition coefficient (Wildman–Crippen LogP) is 3.56. The summed E-state index contributed by atoms with van der Waals surface area (Å²) in [5.41, 5.74) is 8.06. The Labute approximate surface area is 151 Å². The number of aliphatic imine (C=N–C) groups is 1. The molecule has 6 nitrogen and oxygen atoms in total. The van der Waals surface area contributed by atoms with Crippen LogP contribution in [0.5, 0.6) is 0 Å². The highest BCUT2D eigenvalue weighted by molar-refractivity contribution is 6.30. The number of rotatable bonds is 5. The van der Waals surface area contributed by atoms with Gasteiger partial charge in [0.05, 0.1) is 12.6 Å². The number of nitrogens with one attached hydrogen (secondary N) is 1. The maximum Gasteiger partial charge on any atom is 0.254 e. The second-order valence-corrected chi connectivity index (χ2v) is 7.07. The smallest absolute Gasteiger partial charge is 0.254 e. The molecule has 2 heterocycles. The third-order valence-electron chi connectivity index (χ3n) is 4.94. The van der Waals surface area contributed by atoms with Crippen LogP contribution in [0.1, 0.15) is 42.1 Å². The first-order valence-corrected chi connectivity index (χ1v) is 8.94. The number of nitrogens with zero attached hydrogens (tertiary/aromatic N) is 3. The van der Waals surface area contributed by atoms with Crippen molar-refractivity contribution in [2.45, 2.75) is 31.7 Å². The van der Waals surface area contributed by atoms with Crippen LogP contribution in [0.4, 0.5) is 11.5 Å². The van der Waals surface area contributed by atoms with Crippen LogP contribution in [0.2, 0.25) is 5.02 Å². The summed E-state index contributed by atoms with van der Waals surface area (Å²) in [5.74, 6) is 0.425. The summed E-state index contributed by atoms with van der Waals surface area (Å²) in [4.78, 5) is 16.3. The van der Waals surface area contributed by atoms with E-state index >= 15 is 0 Å². The van der Waals surface area contributed by atoms with Crippen molar-refractivity contribution in [2.75, 3.05) is 11.9 Å². The topological polar surface area (TPSA) is 85.3 Å². The molecule has 0 bridgehead atoms. The Balaban J connectivity index is 1.64. The number of nitrogens with two attached hydrogens (primary N) is 1. The van der Waals surface area contributed by atoms with E-state index in [1.165, 1.54) is 18.6 Å². The first-order chi connectivity index (χ1) is 12.1. The van der Waals surface area contributed by atoms with Gasteiger partial charge in [0.25, 0.3) is 5.91 Å². The van der Waals surface area contributed by atoms with Gasteiger partial charge in [0, 0.05) is 28.5 Å². The number of carbonyl (C=O) groups excluding carboxylic acids is 1. The van der Waals surface area contributed by atoms with Crippen molar-refractivity contribution >= 4 is 34.7 Å². The number of halogens is 1. The Morgan fingerprint density at radius 1 is 1.24 bits per heavy atom. The Morgan fingerprint density at radius 3 is 2.64 bits per heavy atom. The zero-order chi connectivity index (χ0) is 17.4. The molecule has 1 aliphatic carbocycles. The van der Waals surface area contributed by atoms with Crippen molar-refractivity contribution in [3.63, 3.8) is 0 Å². The summed E-state index contributed by atoms with van der Waals surface area (Å²) in [6, 6.07) is 7.50. The average Bonchev–Trinajstić information content (AvgIpc) is 3.37. The number of benzene rings is 1. The molecule has 4 rings (SSSR count). The number of hydrogen-bond acceptors (Lipinski definition) is 4. The highest BCUT2D eigenvalue weighted by atomic mass is 35.5. The number of aromatic nitrogens is 2. The van der Waals surface area contributed by atoms with E-state index in [-0.39, 0.29) is 6.04 Å². The average molecular weight is 358 g/mol. The molecular formula is C18H20ClN5O. The summed E-state index contributed by atoms with van der Waals surface area (Å²) in [6.45, 7) is 0.876. The minimum atomic E-state index is -0.487. The maximum atomic E-state index is 11.9. The van der Waals surface area contributed by atoms with Crippen LogP contribution in [-0.4, -0.2) is 27.9 Å². The van der Waals surface area contributed by atoms with Crippen molar-refractivity contribution < 1.29 is 4.79 Å². The van der Waals surface area contributed by atoms with E-state index in [0.717, 1.165) is 25.1 Å². The molecule has 1 amide bonds. The normalized spacial score (nSPS) is 22.4. The molecule has 2 aromatic rings. The highest BCUT2D eigenvalue weighted by Crippen LogP contribution is 2.38. The van der Waals surface area contributed by atoms with Crippen molar-refractivity contribution in [1.82, 2.24) is 9.78 Å². The molecule has 0 saturated heterocycles. The van der Waals surface area contributed by atoms with Gasteiger partial charge in [-0.25, -0.2) is 0 Å². The molecule has 3 N–H and O–H groups in total. The predicted molar refractivity (Wildman–Crippen MR) is 98.8 cm³/mol. The monoisotopic (exact) mass is 357 g/mol. The molecule has 2 unspecified atom stereocenters. The van der Waals surface area contributed by atoms with Gasteiger partial charge in [0.2, 0.25) is 0 Å². The van der Waals surface area contributed by atoms with Gasteiger partial charge >= 0.3 is 0 Å². The highest BCUT2D eigenvalue weighted by Gasteiger charge is 2.35. The van der Waals surface area contributed by atoms with Gasteiger partial charge < -0.3 is 11.1 Å². The zero-order valence-corrected chi connectivity index (χ0v) is 14.5. The largest absolute Gasteiger partial charge is 0.365 e. The lowest BCUT2D eigenvalue weighted by atomic mass is 9.83. The van der Waals surface area contributed by atoms with Crippen LogP contribution in [-0.2, 0) is 0 Å². The molecule has 130 valence electrons. The molecule has 2 atom stereocenters. The van der Waals surface area contributed by atoms with Gasteiger partial charge in [-0.05, 0) is 37.1 Å². The third kappa shape index (κ3) is 3.39. The molecule has 0 spiro atoms. The van der Waals surface area contributed by atoms with Gasteiger partial charge in [-0.15, -0.1) is 0 Å². The molecule has 0 radical (unpaired) electrons. The number of amides is 1. The lowest BCUT2D eigenvalue weighted by Gasteiger charge is -2.29. The van der Waals surface area contributed by atoms with E-state index in [9.17, 15) is 4.79 Å². The number of hydrogen-bond donors (Lipinski definition) is 2. The number of carbonyl (C=O) groups is 1. The minimum absolute atomic E-state index is 0.244. The van der Waals surface area contributed by atoms with Gasteiger partial charge in [-0.1, -0.05) is 24.4 Å². The fourth-order valence-corrected chi connectivity index (χ4v) is 3.73. The second-order valence-electron chi connectivity index (χ2n) is 6.63. The first kappa shape index (κ1) is 16.1. The summed E-state index contributed by atoms with van der Waals surface area (Å²) < 4.78 is 1.91.